The first-order valence-corrected chi connectivity index (χ1v) is 10.9. The van der Waals surface area contributed by atoms with E-state index in [1.807, 2.05) is 72.8 Å². The van der Waals surface area contributed by atoms with Crippen molar-refractivity contribution in [1.82, 2.24) is 5.09 Å². The summed E-state index contributed by atoms with van der Waals surface area (Å²) in [7, 11) is -1.67. The lowest BCUT2D eigenvalue weighted by Gasteiger charge is -2.23. The highest BCUT2D eigenvalue weighted by Crippen LogP contribution is 2.41. The molecule has 0 heterocycles. The van der Waals surface area contributed by atoms with Gasteiger partial charge < -0.3 is 13.8 Å². The van der Waals surface area contributed by atoms with Gasteiger partial charge in [0.05, 0.1) is 5.03 Å². The third-order valence-corrected chi connectivity index (χ3v) is 5.77. The lowest BCUT2D eigenvalue weighted by atomic mass is 10.2. The summed E-state index contributed by atoms with van der Waals surface area (Å²) < 4.78 is 17.3. The van der Waals surface area contributed by atoms with Gasteiger partial charge in [0.2, 0.25) is 0 Å². The van der Waals surface area contributed by atoms with Crippen LogP contribution in [0.3, 0.4) is 0 Å². The predicted molar refractivity (Wildman–Crippen MR) is 115 cm³/mol. The smallest absolute Gasteiger partial charge is 0.382 e. The van der Waals surface area contributed by atoms with E-state index >= 15 is 0 Å². The number of halogens is 1. The van der Waals surface area contributed by atoms with Gasteiger partial charge in [0, 0.05) is 0 Å². The van der Waals surface area contributed by atoms with Gasteiger partial charge in [-0.1, -0.05) is 66.2 Å². The SMILES string of the molecule is CC(NP(OC1=C(Cl)CCC=C1)Oc1ccccc1)C(=O)OCc1ccccc1. The number of esters is 1. The molecule has 2 atom stereocenters. The molecule has 152 valence electrons. The maximum absolute atomic E-state index is 12.4. The minimum Gasteiger partial charge on any atom is -0.460 e. The van der Waals surface area contributed by atoms with Crippen molar-refractivity contribution in [2.24, 2.45) is 0 Å². The highest BCUT2D eigenvalue weighted by Gasteiger charge is 2.25. The van der Waals surface area contributed by atoms with Gasteiger partial charge in [0.15, 0.2) is 0 Å². The van der Waals surface area contributed by atoms with Crippen LogP contribution in [0.2, 0.25) is 0 Å². The summed E-state index contributed by atoms with van der Waals surface area (Å²) in [4.78, 5) is 12.4. The number of carbonyl (C=O) groups is 1. The zero-order valence-electron chi connectivity index (χ0n) is 16.1. The van der Waals surface area contributed by atoms with Gasteiger partial charge in [-0.3, -0.25) is 4.79 Å². The zero-order valence-corrected chi connectivity index (χ0v) is 17.7. The predicted octanol–water partition coefficient (Wildman–Crippen LogP) is 5.83. The lowest BCUT2D eigenvalue weighted by molar-refractivity contribution is -0.146. The van der Waals surface area contributed by atoms with Crippen molar-refractivity contribution in [2.75, 3.05) is 0 Å². The van der Waals surface area contributed by atoms with Crippen LogP contribution in [0.25, 0.3) is 0 Å². The van der Waals surface area contributed by atoms with Crippen LogP contribution < -0.4 is 9.61 Å². The summed E-state index contributed by atoms with van der Waals surface area (Å²) in [5.74, 6) is 0.797. The van der Waals surface area contributed by atoms with Crippen molar-refractivity contribution in [3.8, 4) is 5.75 Å². The Balaban J connectivity index is 1.63. The van der Waals surface area contributed by atoms with Gasteiger partial charge in [0.1, 0.15) is 24.2 Å². The van der Waals surface area contributed by atoms with Crippen LogP contribution in [0, 0.1) is 0 Å². The fraction of sp³-hybridized carbons (Fsp3) is 0.227. The van der Waals surface area contributed by atoms with Gasteiger partial charge in [-0.2, -0.15) is 0 Å². The van der Waals surface area contributed by atoms with Crippen LogP contribution in [0.5, 0.6) is 5.75 Å². The molecule has 0 saturated carbocycles. The third kappa shape index (κ3) is 6.90. The number of benzene rings is 2. The summed E-state index contributed by atoms with van der Waals surface area (Å²) in [6.45, 7) is 1.93. The molecule has 0 amide bonds. The van der Waals surface area contributed by atoms with Crippen LogP contribution >= 0.6 is 20.1 Å². The molecule has 7 heteroatoms. The Labute approximate surface area is 177 Å². The average Bonchev–Trinajstić information content (AvgIpc) is 2.75. The number of hydrogen-bond acceptors (Lipinski definition) is 5. The second-order valence-corrected chi connectivity index (χ2v) is 8.00. The number of nitrogens with one attached hydrogen (secondary N) is 1. The van der Waals surface area contributed by atoms with E-state index in [0.29, 0.717) is 16.5 Å². The molecule has 5 nitrogen and oxygen atoms in total. The van der Waals surface area contributed by atoms with E-state index in [2.05, 4.69) is 5.09 Å². The molecular formula is C22H23ClNO4P. The van der Waals surface area contributed by atoms with Crippen LogP contribution in [0.4, 0.5) is 0 Å². The van der Waals surface area contributed by atoms with E-state index in [1.165, 1.54) is 0 Å². The number of hydrogen-bond donors (Lipinski definition) is 1. The number of allylic oxidation sites excluding steroid dienone is 3. The second-order valence-electron chi connectivity index (χ2n) is 6.41. The number of carbonyl (C=O) groups excluding carboxylic acids is 1. The van der Waals surface area contributed by atoms with E-state index in [9.17, 15) is 4.79 Å². The van der Waals surface area contributed by atoms with Crippen molar-refractivity contribution in [2.45, 2.75) is 32.4 Å². The van der Waals surface area contributed by atoms with Gasteiger partial charge >= 0.3 is 14.5 Å². The van der Waals surface area contributed by atoms with E-state index in [-0.39, 0.29) is 12.6 Å². The molecule has 29 heavy (non-hydrogen) atoms. The van der Waals surface area contributed by atoms with Crippen LogP contribution in [-0.4, -0.2) is 12.0 Å². The molecule has 0 radical (unpaired) electrons. The number of para-hydroxylation sites is 1. The Morgan fingerprint density at radius 1 is 1.10 bits per heavy atom. The average molecular weight is 432 g/mol. The Morgan fingerprint density at radius 3 is 2.48 bits per heavy atom. The van der Waals surface area contributed by atoms with Gasteiger partial charge in [-0.05, 0) is 43.5 Å². The molecule has 1 aliphatic rings. The van der Waals surface area contributed by atoms with Crippen molar-refractivity contribution >= 4 is 26.1 Å². The second kappa shape index (κ2) is 11.0. The maximum atomic E-state index is 12.4. The molecular weight excluding hydrogens is 409 g/mol. The van der Waals surface area contributed by atoms with Gasteiger partial charge in [-0.25, -0.2) is 5.09 Å². The van der Waals surface area contributed by atoms with Crippen molar-refractivity contribution < 1.29 is 18.6 Å². The monoisotopic (exact) mass is 431 g/mol. The molecule has 1 N–H and O–H groups in total. The molecule has 0 fully saturated rings. The van der Waals surface area contributed by atoms with E-state index in [0.717, 1.165) is 18.4 Å². The van der Waals surface area contributed by atoms with E-state index in [4.69, 9.17) is 25.4 Å². The van der Waals surface area contributed by atoms with Crippen molar-refractivity contribution in [3.05, 3.63) is 89.2 Å². The van der Waals surface area contributed by atoms with Crippen molar-refractivity contribution in [3.63, 3.8) is 0 Å². The molecule has 1 aliphatic carbocycles. The Morgan fingerprint density at radius 2 is 1.79 bits per heavy atom. The Bertz CT molecular complexity index is 858. The summed E-state index contributed by atoms with van der Waals surface area (Å²) >= 11 is 6.29. The first-order valence-electron chi connectivity index (χ1n) is 9.35. The van der Waals surface area contributed by atoms with E-state index in [1.54, 1.807) is 6.92 Å². The Kier molecular flexibility index (Phi) is 8.12. The fourth-order valence-corrected chi connectivity index (χ4v) is 3.99. The normalized spacial score (nSPS) is 15.5. The minimum absolute atomic E-state index is 0.212. The zero-order chi connectivity index (χ0) is 20.5. The quantitative estimate of drug-likeness (QED) is 0.400. The lowest BCUT2D eigenvalue weighted by Crippen LogP contribution is -2.33. The first kappa shape index (κ1) is 21.4. The summed E-state index contributed by atoms with van der Waals surface area (Å²) in [6.07, 6.45) is 5.42. The molecule has 0 aromatic heterocycles. The standard InChI is InChI=1S/C22H23ClNO4P/c1-17(22(25)26-16-18-10-4-2-5-11-18)24-29(27-19-12-6-3-7-13-19)28-21-15-9-8-14-20(21)23/h2-7,9-13,15,17,24H,8,14,16H2,1H3. The fourth-order valence-electron chi connectivity index (χ4n) is 2.50. The first-order chi connectivity index (χ1) is 14.1. The highest BCUT2D eigenvalue weighted by atomic mass is 35.5. The number of rotatable bonds is 9. The van der Waals surface area contributed by atoms with Gasteiger partial charge in [0.25, 0.3) is 0 Å². The molecule has 2 aromatic carbocycles. The molecule has 2 unspecified atom stereocenters. The van der Waals surface area contributed by atoms with Crippen LogP contribution in [-0.2, 0) is 20.7 Å². The molecule has 0 bridgehead atoms. The minimum atomic E-state index is -1.67. The largest absolute Gasteiger partial charge is 0.460 e. The topological polar surface area (TPSA) is 56.8 Å². The van der Waals surface area contributed by atoms with E-state index < -0.39 is 14.6 Å². The molecule has 0 aliphatic heterocycles. The van der Waals surface area contributed by atoms with Crippen LogP contribution in [0.15, 0.2) is 83.6 Å². The summed E-state index contributed by atoms with van der Waals surface area (Å²) in [5.41, 5.74) is 0.927. The molecule has 3 rings (SSSR count). The molecule has 0 spiro atoms. The van der Waals surface area contributed by atoms with Crippen LogP contribution in [0.1, 0.15) is 25.3 Å². The Hall–Kier alpha value is -2.33. The number of ether oxygens (including phenoxy) is 1. The summed E-state index contributed by atoms with van der Waals surface area (Å²) in [6, 6.07) is 18.2. The maximum Gasteiger partial charge on any atom is 0.382 e. The third-order valence-electron chi connectivity index (χ3n) is 4.06. The highest BCUT2D eigenvalue weighted by molar-refractivity contribution is 7.45. The molecule has 0 saturated heterocycles. The molecule has 2 aromatic rings. The van der Waals surface area contributed by atoms with Gasteiger partial charge in [-0.15, -0.1) is 0 Å². The van der Waals surface area contributed by atoms with Crippen molar-refractivity contribution in [1.29, 1.82) is 0 Å². The summed E-state index contributed by atoms with van der Waals surface area (Å²) in [5, 5.41) is 3.73.